The fourth-order valence-corrected chi connectivity index (χ4v) is 8.98. The quantitative estimate of drug-likeness (QED) is 0.159. The Balaban J connectivity index is 1.09. The normalized spacial score (nSPS) is 12.1. The molecule has 6 aromatic carbocycles. The number of allylic oxidation sites excluding steroid dienone is 1. The number of benzene rings is 6. The van der Waals surface area contributed by atoms with E-state index in [4.69, 9.17) is 33.8 Å². The van der Waals surface area contributed by atoms with E-state index in [1.54, 1.807) is 17.4 Å². The molecule has 0 atom stereocenters. The lowest BCUT2D eigenvalue weighted by Crippen LogP contribution is -2.04. The second kappa shape index (κ2) is 13.6. The number of hydrogen-bond acceptors (Lipinski definition) is 8. The van der Waals surface area contributed by atoms with Crippen molar-refractivity contribution < 1.29 is 8.83 Å². The summed E-state index contributed by atoms with van der Waals surface area (Å²) in [7, 11) is 0. The zero-order valence-corrected chi connectivity index (χ0v) is 32.0. The lowest BCUT2D eigenvalue weighted by Gasteiger charge is -2.11. The van der Waals surface area contributed by atoms with E-state index < -0.39 is 0 Å². The van der Waals surface area contributed by atoms with Gasteiger partial charge in [0.25, 0.3) is 0 Å². The fraction of sp³-hybridized carbons (Fsp3) is 0.0200. The number of para-hydroxylation sites is 2. The summed E-state index contributed by atoms with van der Waals surface area (Å²) in [6.07, 6.45) is 3.77. The first kappa shape index (κ1) is 33.8. The Morgan fingerprint density at radius 3 is 2.03 bits per heavy atom. The maximum atomic E-state index is 6.64. The van der Waals surface area contributed by atoms with Crippen LogP contribution in [-0.4, -0.2) is 24.9 Å². The molecule has 0 saturated carbocycles. The monoisotopic (exact) mass is 765 g/mol. The first-order valence-electron chi connectivity index (χ1n) is 19.0. The van der Waals surface area contributed by atoms with E-state index in [0.717, 1.165) is 86.7 Å². The topological polar surface area (TPSA) is 90.7 Å². The van der Waals surface area contributed by atoms with Gasteiger partial charge in [-0.2, -0.15) is 0 Å². The molecule has 8 heteroatoms. The van der Waals surface area contributed by atoms with Gasteiger partial charge in [0.2, 0.25) is 0 Å². The average Bonchev–Trinajstić information content (AvgIpc) is 3.98. The van der Waals surface area contributed by atoms with Crippen molar-refractivity contribution in [2.24, 2.45) is 0 Å². The van der Waals surface area contributed by atoms with Crippen LogP contribution in [0.3, 0.4) is 0 Å². The maximum Gasteiger partial charge on any atom is 0.167 e. The molecule has 0 aliphatic carbocycles. The van der Waals surface area contributed by atoms with Crippen molar-refractivity contribution in [3.8, 4) is 45.4 Å². The Morgan fingerprint density at radius 2 is 1.26 bits per heavy atom. The van der Waals surface area contributed by atoms with E-state index >= 15 is 0 Å². The summed E-state index contributed by atoms with van der Waals surface area (Å²) in [5.74, 6) is 2.85. The van der Waals surface area contributed by atoms with Crippen LogP contribution in [0.4, 0.5) is 0 Å². The Labute approximate surface area is 336 Å². The van der Waals surface area contributed by atoms with Gasteiger partial charge in [-0.15, -0.1) is 11.3 Å². The van der Waals surface area contributed by atoms with Crippen LogP contribution in [0.1, 0.15) is 24.1 Å². The van der Waals surface area contributed by atoms with Crippen molar-refractivity contribution in [3.63, 3.8) is 0 Å². The highest BCUT2D eigenvalue weighted by Crippen LogP contribution is 2.43. The summed E-state index contributed by atoms with van der Waals surface area (Å²) in [5.41, 5.74) is 9.19. The molecule has 0 radical (unpaired) electrons. The molecule has 58 heavy (non-hydrogen) atoms. The van der Waals surface area contributed by atoms with E-state index in [1.807, 2.05) is 104 Å². The number of furan rings is 2. The van der Waals surface area contributed by atoms with Crippen LogP contribution in [0, 0.1) is 0 Å². The van der Waals surface area contributed by atoms with E-state index in [9.17, 15) is 0 Å². The molecular formula is C50H31N5O2S. The average molecular weight is 766 g/mol. The van der Waals surface area contributed by atoms with Crippen LogP contribution >= 0.6 is 11.3 Å². The van der Waals surface area contributed by atoms with Crippen LogP contribution in [0.5, 0.6) is 0 Å². The van der Waals surface area contributed by atoms with E-state index in [0.29, 0.717) is 34.6 Å². The van der Waals surface area contributed by atoms with Gasteiger partial charge in [0.05, 0.1) is 21.5 Å². The lowest BCUT2D eigenvalue weighted by molar-refractivity contribution is 0.603. The standard InChI is InChI=1S/C50H31N5O2S/c1-3-32(49-53-48(30-18-9-6-10-19-30)54-50(55-49)37-23-15-22-34-33-20-11-13-24-39(33)57-45(34)37)42-35-27-26-31(28-40(35)56-38(42)4-2)43-46-44(36-21-12-14-25-41(36)58-46)52-47(51-43)29-16-7-5-8-17-29/h3-28H,2H2,1H3/b32-3+. The molecule has 274 valence electrons. The third-order valence-electron chi connectivity index (χ3n) is 10.5. The molecule has 7 nitrogen and oxygen atoms in total. The number of thiophene rings is 1. The predicted molar refractivity (Wildman–Crippen MR) is 236 cm³/mol. The minimum atomic E-state index is 0.504. The summed E-state index contributed by atoms with van der Waals surface area (Å²) < 4.78 is 15.3. The molecule has 5 heterocycles. The highest BCUT2D eigenvalue weighted by Gasteiger charge is 2.24. The Bertz CT molecular complexity index is 3440. The number of hydrogen-bond donors (Lipinski definition) is 0. The third-order valence-corrected chi connectivity index (χ3v) is 11.7. The zero-order chi connectivity index (χ0) is 38.7. The number of fused-ring (bicyclic) bond motifs is 7. The maximum absolute atomic E-state index is 6.64. The van der Waals surface area contributed by atoms with Gasteiger partial charge >= 0.3 is 0 Å². The van der Waals surface area contributed by atoms with Crippen LogP contribution in [-0.2, 0) is 0 Å². The van der Waals surface area contributed by atoms with Gasteiger partial charge in [0.15, 0.2) is 23.3 Å². The van der Waals surface area contributed by atoms with E-state index in [-0.39, 0.29) is 0 Å². The second-order valence-corrected chi connectivity index (χ2v) is 15.0. The number of aromatic nitrogens is 5. The van der Waals surface area contributed by atoms with Gasteiger partial charge in [0.1, 0.15) is 22.5 Å². The molecule has 0 spiro atoms. The first-order valence-corrected chi connectivity index (χ1v) is 19.8. The zero-order valence-electron chi connectivity index (χ0n) is 31.2. The molecule has 5 aromatic heterocycles. The molecule has 0 unspecified atom stereocenters. The van der Waals surface area contributed by atoms with Crippen LogP contribution in [0.25, 0.3) is 110 Å². The van der Waals surface area contributed by atoms with Crippen molar-refractivity contribution >= 4 is 76.2 Å². The van der Waals surface area contributed by atoms with Gasteiger partial charge in [-0.3, -0.25) is 0 Å². The van der Waals surface area contributed by atoms with Gasteiger partial charge in [-0.05, 0) is 43.3 Å². The molecule has 0 aliphatic rings. The Kier molecular flexibility index (Phi) is 7.91. The van der Waals surface area contributed by atoms with Crippen LogP contribution in [0.15, 0.2) is 167 Å². The minimum absolute atomic E-state index is 0.504. The van der Waals surface area contributed by atoms with E-state index in [1.165, 1.54) is 0 Å². The minimum Gasteiger partial charge on any atom is -0.456 e. The van der Waals surface area contributed by atoms with Crippen molar-refractivity contribution in [1.29, 1.82) is 0 Å². The molecule has 0 bridgehead atoms. The molecule has 11 aromatic rings. The highest BCUT2D eigenvalue weighted by molar-refractivity contribution is 7.26. The molecule has 0 fully saturated rings. The van der Waals surface area contributed by atoms with Gasteiger partial charge < -0.3 is 8.83 Å². The number of nitrogens with zero attached hydrogens (tertiary/aromatic N) is 5. The van der Waals surface area contributed by atoms with Crippen molar-refractivity contribution in [2.75, 3.05) is 0 Å². The summed E-state index contributed by atoms with van der Waals surface area (Å²) in [5, 5.41) is 4.05. The van der Waals surface area contributed by atoms with Gasteiger partial charge in [-0.1, -0.05) is 128 Å². The van der Waals surface area contributed by atoms with Crippen molar-refractivity contribution in [2.45, 2.75) is 6.92 Å². The second-order valence-electron chi connectivity index (χ2n) is 13.9. The summed E-state index contributed by atoms with van der Waals surface area (Å²) in [6.45, 7) is 6.16. The van der Waals surface area contributed by atoms with Crippen molar-refractivity contribution in [1.82, 2.24) is 24.9 Å². The summed E-state index contributed by atoms with van der Waals surface area (Å²) >= 11 is 1.70. The predicted octanol–water partition coefficient (Wildman–Crippen LogP) is 13.4. The van der Waals surface area contributed by atoms with Gasteiger partial charge in [0, 0.05) is 54.1 Å². The smallest absolute Gasteiger partial charge is 0.167 e. The highest BCUT2D eigenvalue weighted by atomic mass is 32.1. The number of rotatable bonds is 7. The Morgan fingerprint density at radius 1 is 0.569 bits per heavy atom. The van der Waals surface area contributed by atoms with Gasteiger partial charge in [-0.25, -0.2) is 24.9 Å². The molecule has 11 rings (SSSR count). The molecule has 0 amide bonds. The largest absolute Gasteiger partial charge is 0.456 e. The molecule has 0 aliphatic heterocycles. The van der Waals surface area contributed by atoms with Crippen molar-refractivity contribution in [3.05, 3.63) is 175 Å². The molecule has 0 N–H and O–H groups in total. The van der Waals surface area contributed by atoms with Crippen LogP contribution in [0.2, 0.25) is 0 Å². The summed E-state index contributed by atoms with van der Waals surface area (Å²) in [6, 6.07) is 48.9. The van der Waals surface area contributed by atoms with E-state index in [2.05, 4.69) is 61.2 Å². The SMILES string of the molecule is C=Cc1oc2cc(-c3nc(-c4ccccc4)nc4c3sc3ccccc34)ccc2c1/C(=C\C)c1nc(-c2ccccc2)nc(-c2cccc3c2oc2ccccc23)n1. The first-order chi connectivity index (χ1) is 28.6. The third kappa shape index (κ3) is 5.45. The van der Waals surface area contributed by atoms with Crippen LogP contribution < -0.4 is 0 Å². The summed E-state index contributed by atoms with van der Waals surface area (Å²) in [4.78, 5) is 25.6. The Hall–Kier alpha value is -7.55. The molecule has 0 saturated heterocycles. The lowest BCUT2D eigenvalue weighted by atomic mass is 9.99. The fourth-order valence-electron chi connectivity index (χ4n) is 7.83. The molecular weight excluding hydrogens is 735 g/mol.